The van der Waals surface area contributed by atoms with Crippen LogP contribution in [0.5, 0.6) is 5.75 Å². The van der Waals surface area contributed by atoms with Crippen molar-refractivity contribution in [2.75, 3.05) is 32.8 Å². The summed E-state index contributed by atoms with van der Waals surface area (Å²) in [4.78, 5) is 6.32. The Balaban J connectivity index is 0.00000220. The van der Waals surface area contributed by atoms with Crippen molar-refractivity contribution in [3.05, 3.63) is 30.1 Å². The van der Waals surface area contributed by atoms with Gasteiger partial charge in [0, 0.05) is 13.1 Å². The molecule has 2 N–H and O–H groups in total. The smallest absolute Gasteiger partial charge is 0.191 e. The lowest BCUT2D eigenvalue weighted by molar-refractivity contribution is 0.0673. The minimum absolute atomic E-state index is 0. The summed E-state index contributed by atoms with van der Waals surface area (Å²) >= 11 is 0. The average molecular weight is 409 g/mol. The van der Waals surface area contributed by atoms with Crippen molar-refractivity contribution in [3.63, 3.8) is 0 Å². The third-order valence-electron chi connectivity index (χ3n) is 3.00. The lowest BCUT2D eigenvalue weighted by atomic mass is 10.3. The maximum Gasteiger partial charge on any atom is 0.191 e. The Morgan fingerprint density at radius 1 is 1.38 bits per heavy atom. The van der Waals surface area contributed by atoms with Crippen LogP contribution in [0.3, 0.4) is 0 Å². The van der Waals surface area contributed by atoms with Gasteiger partial charge in [-0.25, -0.2) is 9.38 Å². The van der Waals surface area contributed by atoms with E-state index in [-0.39, 0.29) is 35.9 Å². The molecule has 0 aliphatic carbocycles. The number of benzene rings is 1. The third kappa shape index (κ3) is 6.04. The molecular formula is C14H21FIN3O2. The molecule has 1 saturated heterocycles. The summed E-state index contributed by atoms with van der Waals surface area (Å²) < 4.78 is 23.7. The number of nitrogens with zero attached hydrogens (tertiary/aromatic N) is 2. The monoisotopic (exact) mass is 409 g/mol. The number of rotatable bonds is 4. The molecule has 1 aliphatic heterocycles. The fourth-order valence-electron chi connectivity index (χ4n) is 1.90. The Hall–Kier alpha value is -1.09. The van der Waals surface area contributed by atoms with Gasteiger partial charge in [0.1, 0.15) is 17.7 Å². The fourth-order valence-corrected chi connectivity index (χ4v) is 1.90. The second-order valence-corrected chi connectivity index (χ2v) is 4.68. The van der Waals surface area contributed by atoms with E-state index in [0.29, 0.717) is 31.5 Å². The topological polar surface area (TPSA) is 60.1 Å². The largest absolute Gasteiger partial charge is 0.489 e. The third-order valence-corrected chi connectivity index (χ3v) is 3.00. The molecular weight excluding hydrogens is 388 g/mol. The van der Waals surface area contributed by atoms with E-state index < -0.39 is 0 Å². The molecule has 5 nitrogen and oxygen atoms in total. The predicted molar refractivity (Wildman–Crippen MR) is 90.8 cm³/mol. The van der Waals surface area contributed by atoms with Crippen LogP contribution >= 0.6 is 24.0 Å². The van der Waals surface area contributed by atoms with Crippen LogP contribution in [0.25, 0.3) is 0 Å². The maximum absolute atomic E-state index is 12.8. The van der Waals surface area contributed by atoms with E-state index in [4.69, 9.17) is 15.2 Å². The molecule has 0 bridgehead atoms. The van der Waals surface area contributed by atoms with E-state index in [2.05, 4.69) is 4.99 Å². The van der Waals surface area contributed by atoms with Crippen molar-refractivity contribution in [2.24, 2.45) is 10.7 Å². The second-order valence-electron chi connectivity index (χ2n) is 4.68. The quantitative estimate of drug-likeness (QED) is 0.469. The number of ether oxygens (including phenoxy) is 2. The van der Waals surface area contributed by atoms with Gasteiger partial charge in [0.2, 0.25) is 0 Å². The first-order chi connectivity index (χ1) is 9.65. The van der Waals surface area contributed by atoms with Gasteiger partial charge in [-0.2, -0.15) is 0 Å². The minimum Gasteiger partial charge on any atom is -0.489 e. The van der Waals surface area contributed by atoms with Crippen LogP contribution in [0.2, 0.25) is 0 Å². The molecule has 0 amide bonds. The van der Waals surface area contributed by atoms with Crippen LogP contribution in [-0.2, 0) is 4.74 Å². The van der Waals surface area contributed by atoms with Crippen LogP contribution in [0.4, 0.5) is 4.39 Å². The molecule has 7 heteroatoms. The summed E-state index contributed by atoms with van der Waals surface area (Å²) in [5.74, 6) is 0.862. The first-order valence-corrected chi connectivity index (χ1v) is 6.70. The average Bonchev–Trinajstić information content (AvgIpc) is 2.48. The molecule has 1 aromatic carbocycles. The van der Waals surface area contributed by atoms with E-state index in [1.165, 1.54) is 12.1 Å². The van der Waals surface area contributed by atoms with Crippen molar-refractivity contribution in [3.8, 4) is 5.75 Å². The number of halogens is 2. The molecule has 1 atom stereocenters. The van der Waals surface area contributed by atoms with Crippen LogP contribution in [0.15, 0.2) is 29.3 Å². The summed E-state index contributed by atoms with van der Waals surface area (Å²) in [6, 6.07) is 5.93. The molecule has 1 unspecified atom stereocenters. The minimum atomic E-state index is -0.278. The Morgan fingerprint density at radius 2 is 2.00 bits per heavy atom. The summed E-state index contributed by atoms with van der Waals surface area (Å²) in [7, 11) is 0. The Labute approximate surface area is 141 Å². The number of guanidine groups is 1. The van der Waals surface area contributed by atoms with Gasteiger partial charge in [-0.1, -0.05) is 0 Å². The maximum atomic E-state index is 12.8. The van der Waals surface area contributed by atoms with Gasteiger partial charge in [0.25, 0.3) is 0 Å². The molecule has 0 aromatic heterocycles. The fraction of sp³-hybridized carbons (Fsp3) is 0.500. The zero-order chi connectivity index (χ0) is 14.4. The normalized spacial score (nSPS) is 17.0. The van der Waals surface area contributed by atoms with Crippen molar-refractivity contribution < 1.29 is 13.9 Å². The molecule has 118 valence electrons. The number of hydrogen-bond acceptors (Lipinski definition) is 3. The molecule has 2 rings (SSSR count). The Kier molecular flexibility index (Phi) is 7.73. The highest BCUT2D eigenvalue weighted by atomic mass is 127. The summed E-state index contributed by atoms with van der Waals surface area (Å²) in [6.45, 7) is 5.25. The van der Waals surface area contributed by atoms with Gasteiger partial charge in [-0.15, -0.1) is 24.0 Å². The first kappa shape index (κ1) is 18.0. The van der Waals surface area contributed by atoms with Crippen molar-refractivity contribution in [1.29, 1.82) is 0 Å². The van der Waals surface area contributed by atoms with Crippen LogP contribution in [0.1, 0.15) is 6.92 Å². The van der Waals surface area contributed by atoms with Crippen LogP contribution in [-0.4, -0.2) is 49.8 Å². The Morgan fingerprint density at radius 3 is 2.62 bits per heavy atom. The van der Waals surface area contributed by atoms with Crippen molar-refractivity contribution >= 4 is 29.9 Å². The van der Waals surface area contributed by atoms with E-state index in [9.17, 15) is 4.39 Å². The molecule has 1 aliphatic rings. The van der Waals surface area contributed by atoms with Gasteiger partial charge in [-0.05, 0) is 31.2 Å². The van der Waals surface area contributed by atoms with Gasteiger partial charge >= 0.3 is 0 Å². The standard InChI is InChI=1S/C14H20FN3O2.HI/c1-11(20-13-4-2-12(15)3-5-13)10-17-14(16)18-6-8-19-9-7-18;/h2-5,11H,6-10H2,1H3,(H2,16,17);1H. The number of morpholine rings is 1. The van der Waals surface area contributed by atoms with E-state index in [1.54, 1.807) is 12.1 Å². The van der Waals surface area contributed by atoms with Crippen LogP contribution < -0.4 is 10.5 Å². The SMILES string of the molecule is CC(CN=C(N)N1CCOCC1)Oc1ccc(F)cc1.I. The zero-order valence-electron chi connectivity index (χ0n) is 12.0. The lowest BCUT2D eigenvalue weighted by Gasteiger charge is -2.27. The van der Waals surface area contributed by atoms with Crippen LogP contribution in [0, 0.1) is 5.82 Å². The predicted octanol–water partition coefficient (Wildman–Crippen LogP) is 1.86. The van der Waals surface area contributed by atoms with Gasteiger partial charge in [-0.3, -0.25) is 0 Å². The molecule has 1 fully saturated rings. The molecule has 1 aromatic rings. The first-order valence-electron chi connectivity index (χ1n) is 6.70. The highest BCUT2D eigenvalue weighted by Gasteiger charge is 2.12. The molecule has 0 spiro atoms. The van der Waals surface area contributed by atoms with Gasteiger partial charge in [0.15, 0.2) is 5.96 Å². The molecule has 0 radical (unpaired) electrons. The molecule has 21 heavy (non-hydrogen) atoms. The van der Waals surface area contributed by atoms with Crippen molar-refractivity contribution in [1.82, 2.24) is 4.90 Å². The lowest BCUT2D eigenvalue weighted by Crippen LogP contribution is -2.45. The zero-order valence-corrected chi connectivity index (χ0v) is 14.3. The number of aliphatic imine (C=N–C) groups is 1. The molecule has 0 saturated carbocycles. The van der Waals surface area contributed by atoms with E-state index >= 15 is 0 Å². The highest BCUT2D eigenvalue weighted by molar-refractivity contribution is 14.0. The van der Waals surface area contributed by atoms with Crippen molar-refractivity contribution in [2.45, 2.75) is 13.0 Å². The number of hydrogen-bond donors (Lipinski definition) is 1. The summed E-state index contributed by atoms with van der Waals surface area (Å²) in [6.07, 6.45) is -0.125. The summed E-state index contributed by atoms with van der Waals surface area (Å²) in [5, 5.41) is 0. The summed E-state index contributed by atoms with van der Waals surface area (Å²) in [5.41, 5.74) is 5.93. The molecule has 1 heterocycles. The second kappa shape index (κ2) is 9.04. The highest BCUT2D eigenvalue weighted by Crippen LogP contribution is 2.13. The van der Waals surface area contributed by atoms with E-state index in [1.807, 2.05) is 11.8 Å². The van der Waals surface area contributed by atoms with Gasteiger partial charge < -0.3 is 20.1 Å². The number of nitrogens with two attached hydrogens (primary N) is 1. The van der Waals surface area contributed by atoms with E-state index in [0.717, 1.165) is 13.1 Å². The van der Waals surface area contributed by atoms with Gasteiger partial charge in [0.05, 0.1) is 19.8 Å². The Bertz CT molecular complexity index is 450.